The Labute approximate surface area is 160 Å². The molecule has 0 radical (unpaired) electrons. The molecule has 0 saturated heterocycles. The number of anilines is 1. The number of esters is 1. The summed E-state index contributed by atoms with van der Waals surface area (Å²) in [6.45, 7) is 4.89. The average molecular weight is 398 g/mol. The van der Waals surface area contributed by atoms with Crippen LogP contribution < -0.4 is 4.90 Å². The van der Waals surface area contributed by atoms with Crippen LogP contribution in [0.3, 0.4) is 0 Å². The van der Waals surface area contributed by atoms with Gasteiger partial charge in [-0.2, -0.15) is 0 Å². The molecule has 2 aromatic rings. The Bertz CT molecular complexity index is 805. The van der Waals surface area contributed by atoms with E-state index in [0.717, 1.165) is 22.1 Å². The molecule has 2 aromatic heterocycles. The molecule has 8 heteroatoms. The molecule has 0 unspecified atom stereocenters. The summed E-state index contributed by atoms with van der Waals surface area (Å²) < 4.78 is 5.54. The highest BCUT2D eigenvalue weighted by molar-refractivity contribution is 7.16. The molecule has 0 bridgehead atoms. The van der Waals surface area contributed by atoms with Gasteiger partial charge < -0.3 is 9.64 Å². The Morgan fingerprint density at radius 3 is 2.76 bits per heavy atom. The molecule has 25 heavy (non-hydrogen) atoms. The maximum absolute atomic E-state index is 12.1. The number of methoxy groups -OCH3 is 1. The SMILES string of the molecule is C=CCN(Cc1ccc(Cl)s1)c1nc(C2CC2)nc(C(=O)OC)c1Cl. The zero-order valence-electron chi connectivity index (χ0n) is 13.7. The molecule has 0 atom stereocenters. The second-order valence-corrected chi connectivity index (χ2v) is 7.89. The quantitative estimate of drug-likeness (QED) is 0.500. The number of carbonyl (C=O) groups is 1. The number of hydrogen-bond donors (Lipinski definition) is 0. The molecule has 132 valence electrons. The lowest BCUT2D eigenvalue weighted by Crippen LogP contribution is -2.25. The molecule has 3 rings (SSSR count). The smallest absolute Gasteiger partial charge is 0.358 e. The van der Waals surface area contributed by atoms with Crippen molar-refractivity contribution in [1.29, 1.82) is 0 Å². The first-order valence-electron chi connectivity index (χ1n) is 7.79. The maximum Gasteiger partial charge on any atom is 0.358 e. The van der Waals surface area contributed by atoms with Crippen molar-refractivity contribution in [2.75, 3.05) is 18.6 Å². The first kappa shape index (κ1) is 18.2. The van der Waals surface area contributed by atoms with Gasteiger partial charge in [0.15, 0.2) is 11.5 Å². The lowest BCUT2D eigenvalue weighted by molar-refractivity contribution is 0.0593. The van der Waals surface area contributed by atoms with Crippen LogP contribution in [-0.4, -0.2) is 29.6 Å². The third-order valence-corrected chi connectivity index (χ3v) is 5.36. The van der Waals surface area contributed by atoms with Gasteiger partial charge in [0.05, 0.1) is 18.0 Å². The van der Waals surface area contributed by atoms with E-state index in [0.29, 0.717) is 24.7 Å². The van der Waals surface area contributed by atoms with Crippen LogP contribution >= 0.6 is 34.5 Å². The van der Waals surface area contributed by atoms with E-state index in [9.17, 15) is 4.79 Å². The molecule has 1 fully saturated rings. The minimum atomic E-state index is -0.562. The predicted octanol–water partition coefficient (Wildman–Crippen LogP) is 4.70. The average Bonchev–Trinajstić information content (AvgIpc) is 3.37. The standard InChI is InChI=1S/C17H17Cl2N3O2S/c1-3-8-22(9-11-6-7-12(18)25-11)16-13(19)14(17(23)24-2)20-15(21-16)10-4-5-10/h3,6-7,10H,1,4-5,8-9H2,2H3. The van der Waals surface area contributed by atoms with E-state index in [1.54, 1.807) is 6.08 Å². The fourth-order valence-corrected chi connectivity index (χ4v) is 3.81. The van der Waals surface area contributed by atoms with E-state index in [1.165, 1.54) is 18.4 Å². The Kier molecular flexibility index (Phi) is 5.61. The third-order valence-electron chi connectivity index (χ3n) is 3.80. The maximum atomic E-state index is 12.1. The zero-order valence-corrected chi connectivity index (χ0v) is 16.0. The lowest BCUT2D eigenvalue weighted by atomic mass is 10.3. The van der Waals surface area contributed by atoms with Crippen LogP contribution in [0.1, 0.15) is 39.9 Å². The summed E-state index contributed by atoms with van der Waals surface area (Å²) in [5.74, 6) is 0.871. The number of hydrogen-bond acceptors (Lipinski definition) is 6. The van der Waals surface area contributed by atoms with Gasteiger partial charge in [0, 0.05) is 17.3 Å². The van der Waals surface area contributed by atoms with Crippen LogP contribution in [0, 0.1) is 0 Å². The molecule has 5 nitrogen and oxygen atoms in total. The molecule has 1 aliphatic rings. The van der Waals surface area contributed by atoms with E-state index in [1.807, 2.05) is 17.0 Å². The second-order valence-electron chi connectivity index (χ2n) is 5.71. The summed E-state index contributed by atoms with van der Waals surface area (Å²) in [6, 6.07) is 3.81. The van der Waals surface area contributed by atoms with Crippen LogP contribution in [-0.2, 0) is 11.3 Å². The Morgan fingerprint density at radius 1 is 1.44 bits per heavy atom. The Hall–Kier alpha value is -1.63. The van der Waals surface area contributed by atoms with Crippen LogP contribution in [0.25, 0.3) is 0 Å². The van der Waals surface area contributed by atoms with Gasteiger partial charge in [0.1, 0.15) is 10.8 Å². The molecule has 2 heterocycles. The Morgan fingerprint density at radius 2 is 2.20 bits per heavy atom. The first-order chi connectivity index (χ1) is 12.0. The minimum absolute atomic E-state index is 0.106. The van der Waals surface area contributed by atoms with E-state index >= 15 is 0 Å². The predicted molar refractivity (Wildman–Crippen MR) is 101 cm³/mol. The van der Waals surface area contributed by atoms with Gasteiger partial charge in [-0.3, -0.25) is 0 Å². The summed E-state index contributed by atoms with van der Waals surface area (Å²) in [5, 5.41) is 0.195. The normalized spacial score (nSPS) is 13.6. The third kappa shape index (κ3) is 4.14. The number of carbonyl (C=O) groups excluding carboxylic acids is 1. The summed E-state index contributed by atoms with van der Waals surface area (Å²) in [7, 11) is 1.31. The first-order valence-corrected chi connectivity index (χ1v) is 9.36. The molecule has 0 N–H and O–H groups in total. The van der Waals surface area contributed by atoms with Crippen LogP contribution in [0.4, 0.5) is 5.82 Å². The fraction of sp³-hybridized carbons (Fsp3) is 0.353. The van der Waals surface area contributed by atoms with Crippen molar-refractivity contribution < 1.29 is 9.53 Å². The van der Waals surface area contributed by atoms with Gasteiger partial charge in [-0.05, 0) is 25.0 Å². The number of thiophene rings is 1. The van der Waals surface area contributed by atoms with Crippen LogP contribution in [0.2, 0.25) is 9.36 Å². The minimum Gasteiger partial charge on any atom is -0.464 e. The summed E-state index contributed by atoms with van der Waals surface area (Å²) in [5.41, 5.74) is 0.106. The number of halogens is 2. The number of ether oxygens (including phenoxy) is 1. The molecule has 0 spiro atoms. The van der Waals surface area contributed by atoms with Crippen molar-refractivity contribution in [2.24, 2.45) is 0 Å². The highest BCUT2D eigenvalue weighted by atomic mass is 35.5. The van der Waals surface area contributed by atoms with Gasteiger partial charge in [-0.1, -0.05) is 29.3 Å². The van der Waals surface area contributed by atoms with E-state index in [2.05, 4.69) is 16.5 Å². The highest BCUT2D eigenvalue weighted by Crippen LogP contribution is 2.40. The molecular formula is C17H17Cl2N3O2S. The molecule has 0 aromatic carbocycles. The molecular weight excluding hydrogens is 381 g/mol. The summed E-state index contributed by atoms with van der Waals surface area (Å²) in [4.78, 5) is 24.1. The van der Waals surface area contributed by atoms with Gasteiger partial charge in [0.2, 0.25) is 0 Å². The second kappa shape index (κ2) is 7.72. The van der Waals surface area contributed by atoms with Gasteiger partial charge >= 0.3 is 5.97 Å². The number of rotatable bonds is 7. The van der Waals surface area contributed by atoms with E-state index in [4.69, 9.17) is 27.9 Å². The molecule has 0 amide bonds. The van der Waals surface area contributed by atoms with Crippen molar-refractivity contribution in [2.45, 2.75) is 25.3 Å². The number of nitrogens with zero attached hydrogens (tertiary/aromatic N) is 3. The van der Waals surface area contributed by atoms with E-state index in [-0.39, 0.29) is 16.6 Å². The van der Waals surface area contributed by atoms with E-state index < -0.39 is 5.97 Å². The number of aromatic nitrogens is 2. The molecule has 1 aliphatic carbocycles. The monoisotopic (exact) mass is 397 g/mol. The van der Waals surface area contributed by atoms with Crippen molar-refractivity contribution in [3.8, 4) is 0 Å². The largest absolute Gasteiger partial charge is 0.464 e. The summed E-state index contributed by atoms with van der Waals surface area (Å²) in [6.07, 6.45) is 3.80. The Balaban J connectivity index is 2.02. The summed E-state index contributed by atoms with van der Waals surface area (Å²) >= 11 is 14.0. The van der Waals surface area contributed by atoms with Crippen molar-refractivity contribution in [3.05, 3.63) is 50.5 Å². The van der Waals surface area contributed by atoms with Crippen molar-refractivity contribution in [1.82, 2.24) is 9.97 Å². The van der Waals surface area contributed by atoms with Gasteiger partial charge in [-0.15, -0.1) is 17.9 Å². The van der Waals surface area contributed by atoms with Crippen LogP contribution in [0.5, 0.6) is 0 Å². The van der Waals surface area contributed by atoms with Crippen molar-refractivity contribution in [3.63, 3.8) is 0 Å². The fourth-order valence-electron chi connectivity index (χ4n) is 2.42. The lowest BCUT2D eigenvalue weighted by Gasteiger charge is -2.23. The molecule has 0 aliphatic heterocycles. The topological polar surface area (TPSA) is 55.3 Å². The van der Waals surface area contributed by atoms with Gasteiger partial charge in [-0.25, -0.2) is 14.8 Å². The van der Waals surface area contributed by atoms with Gasteiger partial charge in [0.25, 0.3) is 0 Å². The van der Waals surface area contributed by atoms with Crippen LogP contribution in [0.15, 0.2) is 24.8 Å². The molecule has 1 saturated carbocycles. The highest BCUT2D eigenvalue weighted by Gasteiger charge is 2.31. The van der Waals surface area contributed by atoms with Crippen molar-refractivity contribution >= 4 is 46.3 Å². The zero-order chi connectivity index (χ0) is 18.0.